The Labute approximate surface area is 113 Å². The molecule has 0 rings (SSSR count). The molecule has 0 aromatic rings. The van der Waals surface area contributed by atoms with Gasteiger partial charge in [-0.05, 0) is 6.42 Å². The molecule has 112 valence electrons. The lowest BCUT2D eigenvalue weighted by Gasteiger charge is -2.26. The second-order valence-corrected chi connectivity index (χ2v) is 4.78. The Hall–Kier alpha value is -0.980. The Kier molecular flexibility index (Phi) is 9.38. The number of esters is 1. The van der Waals surface area contributed by atoms with E-state index in [1.54, 1.807) is 0 Å². The van der Waals surface area contributed by atoms with Gasteiger partial charge in [0.25, 0.3) is 0 Å². The highest BCUT2D eigenvalue weighted by atomic mass is 16.5. The molecule has 0 spiro atoms. The van der Waals surface area contributed by atoms with Gasteiger partial charge in [0.15, 0.2) is 0 Å². The van der Waals surface area contributed by atoms with Crippen LogP contribution in [0.1, 0.15) is 39.0 Å². The van der Waals surface area contributed by atoms with Gasteiger partial charge in [-0.3, -0.25) is 4.79 Å². The van der Waals surface area contributed by atoms with Crippen LogP contribution in [0.5, 0.6) is 0 Å². The number of aliphatic hydroxyl groups excluding tert-OH is 3. The predicted octanol–water partition coefficient (Wildman–Crippen LogP) is 0.0324. The molecule has 0 aromatic heterocycles. The fourth-order valence-corrected chi connectivity index (χ4v) is 1.40. The van der Waals surface area contributed by atoms with Crippen LogP contribution in [0, 0.1) is 5.41 Å². The predicted molar refractivity (Wildman–Crippen MR) is 68.4 cm³/mol. The number of hydrogen-bond donors (Lipinski definition) is 3. The van der Waals surface area contributed by atoms with Gasteiger partial charge in [0.1, 0.15) is 6.61 Å². The molecule has 0 bridgehead atoms. The number of Topliss-reactive ketones (excluding diaryl/α,β-unsaturated/α-hetero) is 1. The zero-order valence-corrected chi connectivity index (χ0v) is 11.4. The fraction of sp³-hybridized carbons (Fsp3) is 0.846. The quantitative estimate of drug-likeness (QED) is 0.279. The highest BCUT2D eigenvalue weighted by Gasteiger charge is 2.31. The summed E-state index contributed by atoms with van der Waals surface area (Å²) in [5.74, 6) is -1.59. The first-order valence-electron chi connectivity index (χ1n) is 6.57. The van der Waals surface area contributed by atoms with Crippen molar-refractivity contribution in [2.24, 2.45) is 5.41 Å². The third-order valence-corrected chi connectivity index (χ3v) is 3.00. The van der Waals surface area contributed by atoms with E-state index in [2.05, 4.69) is 0 Å². The number of unbranched alkanes of at least 4 members (excludes halogenated alkanes) is 3. The molecule has 0 aliphatic heterocycles. The van der Waals surface area contributed by atoms with E-state index in [1.807, 2.05) is 6.92 Å². The molecule has 0 radical (unpaired) electrons. The van der Waals surface area contributed by atoms with Gasteiger partial charge in [-0.2, -0.15) is 0 Å². The van der Waals surface area contributed by atoms with Crippen LogP contribution in [0.25, 0.3) is 0 Å². The molecule has 6 heteroatoms. The molecule has 6 nitrogen and oxygen atoms in total. The van der Waals surface area contributed by atoms with Gasteiger partial charge < -0.3 is 20.1 Å². The number of carbonyl (C=O) groups is 2. The van der Waals surface area contributed by atoms with E-state index in [0.717, 1.165) is 19.3 Å². The van der Waals surface area contributed by atoms with Crippen molar-refractivity contribution in [3.63, 3.8) is 0 Å². The normalized spacial score (nSPS) is 11.4. The molecule has 0 fully saturated rings. The van der Waals surface area contributed by atoms with Gasteiger partial charge in [-0.1, -0.05) is 26.2 Å². The summed E-state index contributed by atoms with van der Waals surface area (Å²) in [4.78, 5) is 22.8. The van der Waals surface area contributed by atoms with Crippen LogP contribution in [0.3, 0.4) is 0 Å². The third-order valence-electron chi connectivity index (χ3n) is 3.00. The number of carbonyl (C=O) groups excluding carboxylic acids is 2. The van der Waals surface area contributed by atoms with E-state index >= 15 is 0 Å². The second-order valence-electron chi connectivity index (χ2n) is 4.78. The minimum absolute atomic E-state index is 0.142. The molecule has 0 unspecified atom stereocenters. The van der Waals surface area contributed by atoms with Crippen LogP contribution in [-0.4, -0.2) is 53.5 Å². The highest BCUT2D eigenvalue weighted by molar-refractivity contribution is 6.33. The van der Waals surface area contributed by atoms with Gasteiger partial charge in [-0.25, -0.2) is 4.79 Å². The molecule has 0 amide bonds. The topological polar surface area (TPSA) is 104 Å². The molecule has 19 heavy (non-hydrogen) atoms. The highest BCUT2D eigenvalue weighted by Crippen LogP contribution is 2.15. The number of ether oxygens (including phenoxy) is 1. The van der Waals surface area contributed by atoms with E-state index in [0.29, 0.717) is 6.42 Å². The molecule has 3 N–H and O–H groups in total. The van der Waals surface area contributed by atoms with Gasteiger partial charge in [-0.15, -0.1) is 0 Å². The Morgan fingerprint density at radius 1 is 1.00 bits per heavy atom. The van der Waals surface area contributed by atoms with Crippen molar-refractivity contribution in [2.75, 3.05) is 26.4 Å². The van der Waals surface area contributed by atoms with E-state index in [9.17, 15) is 9.59 Å². The Morgan fingerprint density at radius 3 is 2.05 bits per heavy atom. The average molecular weight is 276 g/mol. The van der Waals surface area contributed by atoms with Crippen LogP contribution >= 0.6 is 0 Å². The lowest BCUT2D eigenvalue weighted by Crippen LogP contribution is -2.40. The van der Waals surface area contributed by atoms with Crippen molar-refractivity contribution in [1.29, 1.82) is 0 Å². The molecule has 0 saturated carbocycles. The van der Waals surface area contributed by atoms with Crippen molar-refractivity contribution >= 4 is 11.8 Å². The summed E-state index contributed by atoms with van der Waals surface area (Å²) in [6.07, 6.45) is 3.75. The van der Waals surface area contributed by atoms with Crippen LogP contribution in [0.2, 0.25) is 0 Å². The molecule has 0 aliphatic rings. The summed E-state index contributed by atoms with van der Waals surface area (Å²) >= 11 is 0. The van der Waals surface area contributed by atoms with E-state index in [-0.39, 0.29) is 13.0 Å². The number of hydrogen-bond acceptors (Lipinski definition) is 6. The van der Waals surface area contributed by atoms with Gasteiger partial charge in [0.2, 0.25) is 5.78 Å². The lowest BCUT2D eigenvalue weighted by atomic mass is 9.93. The Balaban J connectivity index is 4.05. The minimum atomic E-state index is -1.29. The first kappa shape index (κ1) is 18.0. The second kappa shape index (κ2) is 9.89. The average Bonchev–Trinajstić information content (AvgIpc) is 2.45. The number of aliphatic hydroxyl groups is 3. The van der Waals surface area contributed by atoms with Crippen molar-refractivity contribution < 1.29 is 29.6 Å². The maximum Gasteiger partial charge on any atom is 0.374 e. The largest absolute Gasteiger partial charge is 0.459 e. The van der Waals surface area contributed by atoms with Gasteiger partial charge >= 0.3 is 5.97 Å². The first-order valence-corrected chi connectivity index (χ1v) is 6.57. The number of ketones is 1. The monoisotopic (exact) mass is 276 g/mol. The number of rotatable bonds is 11. The smallest absolute Gasteiger partial charge is 0.374 e. The first-order chi connectivity index (χ1) is 9.05. The molecule has 0 aromatic carbocycles. The van der Waals surface area contributed by atoms with E-state index < -0.39 is 37.0 Å². The summed E-state index contributed by atoms with van der Waals surface area (Å²) in [6, 6.07) is 0. The van der Waals surface area contributed by atoms with Crippen molar-refractivity contribution in [3.8, 4) is 0 Å². The van der Waals surface area contributed by atoms with Crippen molar-refractivity contribution in [3.05, 3.63) is 0 Å². The maximum absolute atomic E-state index is 11.4. The molecular weight excluding hydrogens is 252 g/mol. The van der Waals surface area contributed by atoms with Crippen LogP contribution in [0.15, 0.2) is 0 Å². The maximum atomic E-state index is 11.4. The Morgan fingerprint density at radius 2 is 1.58 bits per heavy atom. The zero-order chi connectivity index (χ0) is 14.7. The summed E-state index contributed by atoms with van der Waals surface area (Å²) in [6.45, 7) is 0.0816. The molecular formula is C13H24O6. The van der Waals surface area contributed by atoms with E-state index in [1.165, 1.54) is 0 Å². The van der Waals surface area contributed by atoms with Gasteiger partial charge in [0, 0.05) is 6.42 Å². The third kappa shape index (κ3) is 6.66. The van der Waals surface area contributed by atoms with Crippen LogP contribution in [0.4, 0.5) is 0 Å². The standard InChI is InChI=1S/C13H24O6/c1-2-3-4-5-6-11(17)12(18)19-10-13(7-14,8-15)9-16/h14-16H,2-10H2,1H3. The van der Waals surface area contributed by atoms with Crippen LogP contribution < -0.4 is 0 Å². The SMILES string of the molecule is CCCCCCC(=O)C(=O)OCC(CO)(CO)CO. The molecule has 0 aliphatic carbocycles. The molecule has 0 atom stereocenters. The van der Waals surface area contributed by atoms with Crippen molar-refractivity contribution in [2.45, 2.75) is 39.0 Å². The van der Waals surface area contributed by atoms with E-state index in [4.69, 9.17) is 20.1 Å². The summed E-state index contributed by atoms with van der Waals surface area (Å²) in [5.41, 5.74) is -1.29. The summed E-state index contributed by atoms with van der Waals surface area (Å²) < 4.78 is 4.73. The summed E-state index contributed by atoms with van der Waals surface area (Å²) in [7, 11) is 0. The van der Waals surface area contributed by atoms with Crippen LogP contribution in [-0.2, 0) is 14.3 Å². The zero-order valence-electron chi connectivity index (χ0n) is 11.4. The summed E-state index contributed by atoms with van der Waals surface area (Å²) in [5, 5.41) is 27.1. The molecule has 0 saturated heterocycles. The lowest BCUT2D eigenvalue weighted by molar-refractivity contribution is -0.159. The van der Waals surface area contributed by atoms with Gasteiger partial charge in [0.05, 0.1) is 25.2 Å². The molecule has 0 heterocycles. The fourth-order valence-electron chi connectivity index (χ4n) is 1.40. The minimum Gasteiger partial charge on any atom is -0.459 e. The Bertz CT molecular complexity index is 264. The van der Waals surface area contributed by atoms with Crippen molar-refractivity contribution in [1.82, 2.24) is 0 Å².